The normalized spacial score (nSPS) is 22.0. The van der Waals surface area contributed by atoms with Crippen molar-refractivity contribution in [1.29, 1.82) is 0 Å². The van der Waals surface area contributed by atoms with Gasteiger partial charge in [0, 0.05) is 30.4 Å². The van der Waals surface area contributed by atoms with Crippen molar-refractivity contribution in [2.24, 2.45) is 0 Å². The van der Waals surface area contributed by atoms with Gasteiger partial charge in [-0.1, -0.05) is 25.0 Å². The molecule has 2 aliphatic heterocycles. The molecule has 0 bridgehead atoms. The summed E-state index contributed by atoms with van der Waals surface area (Å²) in [6.45, 7) is 4.03. The number of rotatable bonds is 6. The van der Waals surface area contributed by atoms with E-state index in [0.29, 0.717) is 19.2 Å². The molecule has 204 valence electrons. The van der Waals surface area contributed by atoms with Crippen LogP contribution in [0, 0.1) is 0 Å². The van der Waals surface area contributed by atoms with E-state index in [4.69, 9.17) is 0 Å². The number of likely N-dealkylation sites (tertiary alicyclic amines) is 1. The molecule has 1 aromatic heterocycles. The SMILES string of the molecule is O=C(Nc1ccc(C(F)(F)F)cn1)NC1CCCN(c2ccc(C3(CN4CCCC4)CCCC3)cc2)C1=O. The van der Waals surface area contributed by atoms with Gasteiger partial charge in [-0.15, -0.1) is 0 Å². The molecule has 7 nitrogen and oxygen atoms in total. The van der Waals surface area contributed by atoms with E-state index in [2.05, 4.69) is 32.7 Å². The maximum Gasteiger partial charge on any atom is 0.417 e. The molecule has 0 spiro atoms. The summed E-state index contributed by atoms with van der Waals surface area (Å²) in [5.41, 5.74) is 1.43. The van der Waals surface area contributed by atoms with Gasteiger partial charge in [0.25, 0.3) is 0 Å². The van der Waals surface area contributed by atoms with Crippen LogP contribution in [0.25, 0.3) is 0 Å². The standard InChI is InChI=1S/C28H34F3N5O2/c29-28(30,31)21-9-12-24(32-18-21)34-26(38)33-23-6-5-17-36(25(23)37)22-10-7-20(8-11-22)27(13-1-2-14-27)19-35-15-3-4-16-35/h7-12,18,23H,1-6,13-17,19H2,(H2,32,33,34,38). The topological polar surface area (TPSA) is 77.6 Å². The third-order valence-electron chi connectivity index (χ3n) is 8.15. The van der Waals surface area contributed by atoms with Gasteiger partial charge in [0.15, 0.2) is 0 Å². The molecule has 1 aliphatic carbocycles. The smallest absolute Gasteiger partial charge is 0.326 e. The van der Waals surface area contributed by atoms with Crippen molar-refractivity contribution in [3.05, 3.63) is 53.7 Å². The molecule has 3 fully saturated rings. The molecular formula is C28H34F3N5O2. The third kappa shape index (κ3) is 5.80. The molecule has 1 aromatic carbocycles. The Morgan fingerprint density at radius 1 is 0.974 bits per heavy atom. The van der Waals surface area contributed by atoms with E-state index < -0.39 is 23.8 Å². The zero-order chi connectivity index (χ0) is 26.8. The van der Waals surface area contributed by atoms with Crippen LogP contribution in [0.5, 0.6) is 0 Å². The van der Waals surface area contributed by atoms with Crippen molar-refractivity contribution in [3.8, 4) is 0 Å². The van der Waals surface area contributed by atoms with E-state index in [1.807, 2.05) is 12.1 Å². The van der Waals surface area contributed by atoms with Crippen LogP contribution in [0.15, 0.2) is 42.6 Å². The largest absolute Gasteiger partial charge is 0.417 e. The van der Waals surface area contributed by atoms with E-state index in [0.717, 1.165) is 30.8 Å². The third-order valence-corrected chi connectivity index (χ3v) is 8.15. The molecular weight excluding hydrogens is 495 g/mol. The van der Waals surface area contributed by atoms with E-state index >= 15 is 0 Å². The van der Waals surface area contributed by atoms with Gasteiger partial charge in [0.05, 0.1) is 5.56 Å². The van der Waals surface area contributed by atoms with Crippen molar-refractivity contribution in [1.82, 2.24) is 15.2 Å². The number of carbonyl (C=O) groups is 2. The van der Waals surface area contributed by atoms with Crippen LogP contribution in [0.2, 0.25) is 0 Å². The summed E-state index contributed by atoms with van der Waals surface area (Å²) in [7, 11) is 0. The lowest BCUT2D eigenvalue weighted by Crippen LogP contribution is -2.53. The fraction of sp³-hybridized carbons (Fsp3) is 0.536. The number of carbonyl (C=O) groups excluding carboxylic acids is 2. The highest BCUT2D eigenvalue weighted by Gasteiger charge is 2.38. The maximum absolute atomic E-state index is 13.2. The lowest BCUT2D eigenvalue weighted by molar-refractivity contribution is -0.137. The number of piperidine rings is 1. The fourth-order valence-electron chi connectivity index (χ4n) is 6.17. The van der Waals surface area contributed by atoms with Gasteiger partial charge in [-0.05, 0) is 81.4 Å². The summed E-state index contributed by atoms with van der Waals surface area (Å²) in [6.07, 6.45) is 4.80. The number of benzene rings is 1. The summed E-state index contributed by atoms with van der Waals surface area (Å²) < 4.78 is 38.2. The van der Waals surface area contributed by atoms with Crippen LogP contribution in [0.3, 0.4) is 0 Å². The Morgan fingerprint density at radius 2 is 1.68 bits per heavy atom. The van der Waals surface area contributed by atoms with Crippen molar-refractivity contribution in [2.75, 3.05) is 36.4 Å². The molecule has 3 aliphatic rings. The van der Waals surface area contributed by atoms with Crippen LogP contribution >= 0.6 is 0 Å². The zero-order valence-corrected chi connectivity index (χ0v) is 21.4. The molecule has 0 radical (unpaired) electrons. The molecule has 1 saturated carbocycles. The molecule has 2 aromatic rings. The number of anilines is 2. The highest BCUT2D eigenvalue weighted by molar-refractivity contribution is 6.01. The quantitative estimate of drug-likeness (QED) is 0.531. The van der Waals surface area contributed by atoms with E-state index in [1.54, 1.807) is 4.90 Å². The van der Waals surface area contributed by atoms with Crippen molar-refractivity contribution < 1.29 is 22.8 Å². The molecule has 38 heavy (non-hydrogen) atoms. The minimum Gasteiger partial charge on any atom is -0.326 e. The van der Waals surface area contributed by atoms with Gasteiger partial charge >= 0.3 is 12.2 Å². The highest BCUT2D eigenvalue weighted by atomic mass is 19.4. The highest BCUT2D eigenvalue weighted by Crippen LogP contribution is 2.43. The fourth-order valence-corrected chi connectivity index (χ4v) is 6.17. The maximum atomic E-state index is 13.2. The number of nitrogens with one attached hydrogen (secondary N) is 2. The van der Waals surface area contributed by atoms with Gasteiger partial charge in [0.1, 0.15) is 11.9 Å². The number of alkyl halides is 3. The number of urea groups is 1. The average molecular weight is 530 g/mol. The predicted octanol–water partition coefficient (Wildman–Crippen LogP) is 5.33. The lowest BCUT2D eigenvalue weighted by atomic mass is 9.78. The first-order valence-electron chi connectivity index (χ1n) is 13.5. The Kier molecular flexibility index (Phi) is 7.61. The van der Waals surface area contributed by atoms with Crippen molar-refractivity contribution in [3.63, 3.8) is 0 Å². The summed E-state index contributed by atoms with van der Waals surface area (Å²) >= 11 is 0. The second kappa shape index (κ2) is 10.9. The molecule has 10 heteroatoms. The first kappa shape index (κ1) is 26.5. The number of aromatic nitrogens is 1. The van der Waals surface area contributed by atoms with Crippen molar-refractivity contribution >= 4 is 23.4 Å². The molecule has 1 atom stereocenters. The Labute approximate surface area is 220 Å². The molecule has 3 heterocycles. The zero-order valence-electron chi connectivity index (χ0n) is 21.4. The molecule has 1 unspecified atom stereocenters. The summed E-state index contributed by atoms with van der Waals surface area (Å²) in [6, 6.07) is 8.90. The number of nitrogens with zero attached hydrogens (tertiary/aromatic N) is 3. The summed E-state index contributed by atoms with van der Waals surface area (Å²) in [4.78, 5) is 33.6. The number of hydrogen-bond acceptors (Lipinski definition) is 4. The lowest BCUT2D eigenvalue weighted by Gasteiger charge is -2.35. The Bertz CT molecular complexity index is 1120. The molecule has 3 amide bonds. The first-order valence-corrected chi connectivity index (χ1v) is 13.5. The molecule has 2 N–H and O–H groups in total. The van der Waals surface area contributed by atoms with E-state index in [1.165, 1.54) is 57.2 Å². The number of pyridine rings is 1. The van der Waals surface area contributed by atoms with Gasteiger partial charge in [-0.3, -0.25) is 10.1 Å². The van der Waals surface area contributed by atoms with E-state index in [-0.39, 0.29) is 17.1 Å². The minimum absolute atomic E-state index is 0.0269. The van der Waals surface area contributed by atoms with Crippen LogP contribution in [-0.4, -0.2) is 54.0 Å². The van der Waals surface area contributed by atoms with E-state index in [9.17, 15) is 22.8 Å². The first-order chi connectivity index (χ1) is 18.2. The van der Waals surface area contributed by atoms with Crippen LogP contribution in [0.1, 0.15) is 62.5 Å². The predicted molar refractivity (Wildman–Crippen MR) is 139 cm³/mol. The van der Waals surface area contributed by atoms with Crippen molar-refractivity contribution in [2.45, 2.75) is 69.0 Å². The van der Waals surface area contributed by atoms with Gasteiger partial charge < -0.3 is 15.1 Å². The monoisotopic (exact) mass is 529 g/mol. The average Bonchev–Trinajstić information content (AvgIpc) is 3.59. The Hall–Kier alpha value is -3.14. The second-order valence-electron chi connectivity index (χ2n) is 10.7. The number of amides is 3. The van der Waals surface area contributed by atoms with Gasteiger partial charge in [-0.25, -0.2) is 9.78 Å². The molecule has 2 saturated heterocycles. The van der Waals surface area contributed by atoms with Crippen LogP contribution in [-0.2, 0) is 16.4 Å². The van der Waals surface area contributed by atoms with Gasteiger partial charge in [-0.2, -0.15) is 13.2 Å². The van der Waals surface area contributed by atoms with Crippen LogP contribution in [0.4, 0.5) is 29.5 Å². The number of hydrogen-bond donors (Lipinski definition) is 2. The minimum atomic E-state index is -4.50. The number of halogens is 3. The van der Waals surface area contributed by atoms with Gasteiger partial charge in [0.2, 0.25) is 5.91 Å². The van der Waals surface area contributed by atoms with Crippen LogP contribution < -0.4 is 15.5 Å². The molecule has 5 rings (SSSR count). The summed E-state index contributed by atoms with van der Waals surface area (Å²) in [5.74, 6) is -0.229. The Morgan fingerprint density at radius 3 is 2.32 bits per heavy atom. The summed E-state index contributed by atoms with van der Waals surface area (Å²) in [5, 5.41) is 5.07. The Balaban J connectivity index is 1.21. The second-order valence-corrected chi connectivity index (χ2v) is 10.7.